The third-order valence-electron chi connectivity index (χ3n) is 6.48. The molecule has 0 saturated carbocycles. The Bertz CT molecular complexity index is 1350. The highest BCUT2D eigenvalue weighted by Crippen LogP contribution is 2.39. The lowest BCUT2D eigenvalue weighted by molar-refractivity contribution is 0.0827. The van der Waals surface area contributed by atoms with Gasteiger partial charge in [0.05, 0.1) is 5.52 Å². The van der Waals surface area contributed by atoms with Gasteiger partial charge >= 0.3 is 0 Å². The molecule has 0 unspecified atom stereocenters. The molecule has 1 fully saturated rings. The second-order valence-electron chi connectivity index (χ2n) is 9.02. The molecule has 1 aliphatic rings. The van der Waals surface area contributed by atoms with Gasteiger partial charge in [0, 0.05) is 60.0 Å². The van der Waals surface area contributed by atoms with Gasteiger partial charge in [0.1, 0.15) is 11.9 Å². The van der Waals surface area contributed by atoms with Gasteiger partial charge in [-0.25, -0.2) is 4.39 Å². The number of fused-ring (bicyclic) bond motifs is 3. The summed E-state index contributed by atoms with van der Waals surface area (Å²) < 4.78 is 23.3. The average molecular weight is 480 g/mol. The zero-order chi connectivity index (χ0) is 23.8. The lowest BCUT2D eigenvalue weighted by Crippen LogP contribution is -2.39. The fourth-order valence-corrected chi connectivity index (χ4v) is 4.87. The fourth-order valence-electron chi connectivity index (χ4n) is 4.74. The van der Waals surface area contributed by atoms with Crippen LogP contribution >= 0.6 is 11.6 Å². The first-order chi connectivity index (χ1) is 16.4. The molecule has 0 spiro atoms. The molecule has 2 atom stereocenters. The molecule has 1 aromatic heterocycles. The van der Waals surface area contributed by atoms with Crippen LogP contribution in [-0.4, -0.2) is 48.7 Å². The summed E-state index contributed by atoms with van der Waals surface area (Å²) in [6, 6.07) is 18.9. The zero-order valence-electron chi connectivity index (χ0n) is 19.2. The predicted molar refractivity (Wildman–Crippen MR) is 135 cm³/mol. The van der Waals surface area contributed by atoms with Gasteiger partial charge < -0.3 is 19.5 Å². The van der Waals surface area contributed by atoms with E-state index in [-0.39, 0.29) is 11.8 Å². The number of ether oxygens (including phenoxy) is 1. The van der Waals surface area contributed by atoms with Gasteiger partial charge in [-0.1, -0.05) is 29.8 Å². The number of carbonyl (C=O) groups is 1. The lowest BCUT2D eigenvalue weighted by Gasteiger charge is -2.28. The maximum absolute atomic E-state index is 14.8. The number of nitrogens with one attached hydrogen (secondary N) is 1. The largest absolute Gasteiger partial charge is 0.455 e. The zero-order valence-corrected chi connectivity index (χ0v) is 20.0. The Hall–Kier alpha value is -3.09. The van der Waals surface area contributed by atoms with Crippen molar-refractivity contribution in [1.82, 2.24) is 14.8 Å². The molecule has 1 amide bonds. The summed E-state index contributed by atoms with van der Waals surface area (Å²) >= 11 is 6.06. The van der Waals surface area contributed by atoms with Gasteiger partial charge in [0.2, 0.25) is 0 Å². The van der Waals surface area contributed by atoms with E-state index < -0.39 is 6.17 Å². The average Bonchev–Trinajstić information content (AvgIpc) is 3.15. The van der Waals surface area contributed by atoms with E-state index in [1.807, 2.05) is 30.3 Å². The third-order valence-corrected chi connectivity index (χ3v) is 6.74. The van der Waals surface area contributed by atoms with Crippen molar-refractivity contribution in [2.75, 3.05) is 27.2 Å². The molecule has 34 heavy (non-hydrogen) atoms. The van der Waals surface area contributed by atoms with Crippen LogP contribution in [0.15, 0.2) is 60.7 Å². The van der Waals surface area contributed by atoms with Gasteiger partial charge in [-0.2, -0.15) is 0 Å². The van der Waals surface area contributed by atoms with Crippen molar-refractivity contribution < 1.29 is 13.9 Å². The van der Waals surface area contributed by atoms with Crippen LogP contribution in [0.2, 0.25) is 5.02 Å². The van der Waals surface area contributed by atoms with Gasteiger partial charge in [-0.05, 0) is 55.4 Å². The number of carbonyl (C=O) groups excluding carboxylic acids is 1. The standard InChI is InChI=1S/C27H27ClFN3O2/c1-31(2)27(33)18-13-22-21-5-3-4-6-24(21)32(16-17-11-12-30-15-23(17)29)26(22)25(14-18)34-20-9-7-19(28)8-10-20/h3-10,13-14,17,23,30H,11-12,15-16H2,1-2H3/t17-,23+/m0/s1. The normalized spacial score (nSPS) is 18.4. The SMILES string of the molecule is CN(C)C(=O)c1cc(Oc2ccc(Cl)cc2)c2c(c1)c1ccccc1n2C[C@@H]1CCNC[C@H]1F. The van der Waals surface area contributed by atoms with Crippen LogP contribution < -0.4 is 10.1 Å². The summed E-state index contributed by atoms with van der Waals surface area (Å²) in [7, 11) is 3.46. The third kappa shape index (κ3) is 4.24. The van der Waals surface area contributed by atoms with E-state index in [9.17, 15) is 9.18 Å². The number of alkyl halides is 1. The molecular formula is C27H27ClFN3O2. The summed E-state index contributed by atoms with van der Waals surface area (Å²) in [6.45, 7) is 1.71. The monoisotopic (exact) mass is 479 g/mol. The lowest BCUT2D eigenvalue weighted by atomic mass is 9.96. The number of nitrogens with zero attached hydrogens (tertiary/aromatic N) is 2. The molecule has 1 N–H and O–H groups in total. The molecule has 0 aliphatic carbocycles. The van der Waals surface area contributed by atoms with Crippen LogP contribution in [0.5, 0.6) is 11.5 Å². The van der Waals surface area contributed by atoms with E-state index in [1.54, 1.807) is 49.3 Å². The molecule has 0 bridgehead atoms. The Morgan fingerprint density at radius 1 is 1.15 bits per heavy atom. The number of benzene rings is 3. The summed E-state index contributed by atoms with van der Waals surface area (Å²) in [6.07, 6.45) is -0.153. The van der Waals surface area contributed by atoms with Gasteiger partial charge in [-0.15, -0.1) is 0 Å². The number of piperidine rings is 1. The predicted octanol–water partition coefficient (Wildman–Crippen LogP) is 5.89. The molecule has 0 radical (unpaired) electrons. The Kier molecular flexibility index (Phi) is 6.19. The van der Waals surface area contributed by atoms with Gasteiger partial charge in [-0.3, -0.25) is 4.79 Å². The second kappa shape index (κ2) is 9.28. The molecule has 3 aromatic carbocycles. The summed E-state index contributed by atoms with van der Waals surface area (Å²) in [5.41, 5.74) is 2.39. The topological polar surface area (TPSA) is 46.5 Å². The molecule has 4 aromatic rings. The van der Waals surface area contributed by atoms with Gasteiger partial charge in [0.15, 0.2) is 5.75 Å². The highest BCUT2D eigenvalue weighted by Gasteiger charge is 2.27. The van der Waals surface area contributed by atoms with Crippen molar-refractivity contribution in [3.63, 3.8) is 0 Å². The summed E-state index contributed by atoms with van der Waals surface area (Å²) in [4.78, 5) is 14.5. The minimum Gasteiger partial charge on any atom is -0.455 e. The maximum atomic E-state index is 14.8. The van der Waals surface area contributed by atoms with E-state index in [1.165, 1.54) is 0 Å². The van der Waals surface area contributed by atoms with E-state index in [2.05, 4.69) is 9.88 Å². The van der Waals surface area contributed by atoms with Crippen molar-refractivity contribution in [2.45, 2.75) is 19.1 Å². The Labute approximate surface area is 203 Å². The minimum absolute atomic E-state index is 0.105. The Morgan fingerprint density at radius 2 is 1.91 bits per heavy atom. The number of amides is 1. The van der Waals surface area contributed by atoms with Crippen molar-refractivity contribution in [3.05, 3.63) is 71.2 Å². The molecule has 5 rings (SSSR count). The van der Waals surface area contributed by atoms with Gasteiger partial charge in [0.25, 0.3) is 5.91 Å². The van der Waals surface area contributed by atoms with Crippen LogP contribution in [-0.2, 0) is 6.54 Å². The minimum atomic E-state index is -0.916. The molecule has 2 heterocycles. The smallest absolute Gasteiger partial charge is 0.253 e. The Balaban J connectivity index is 1.73. The summed E-state index contributed by atoms with van der Waals surface area (Å²) in [5.74, 6) is 0.960. The first-order valence-corrected chi connectivity index (χ1v) is 11.8. The molecule has 1 saturated heterocycles. The number of para-hydroxylation sites is 1. The van der Waals surface area contributed by atoms with E-state index in [0.29, 0.717) is 35.2 Å². The number of rotatable bonds is 5. The molecular weight excluding hydrogens is 453 g/mol. The molecule has 176 valence electrons. The number of halogens is 2. The van der Waals surface area contributed by atoms with Crippen LogP contribution in [0.25, 0.3) is 21.8 Å². The van der Waals surface area contributed by atoms with Crippen molar-refractivity contribution in [2.24, 2.45) is 5.92 Å². The van der Waals surface area contributed by atoms with E-state index in [0.717, 1.165) is 34.8 Å². The van der Waals surface area contributed by atoms with Crippen molar-refractivity contribution in [3.8, 4) is 11.5 Å². The number of hydrogen-bond acceptors (Lipinski definition) is 3. The quantitative estimate of drug-likeness (QED) is 0.388. The highest BCUT2D eigenvalue weighted by molar-refractivity contribution is 6.30. The first-order valence-electron chi connectivity index (χ1n) is 11.5. The second-order valence-corrected chi connectivity index (χ2v) is 9.46. The Morgan fingerprint density at radius 3 is 2.65 bits per heavy atom. The number of aromatic nitrogens is 1. The molecule has 5 nitrogen and oxygen atoms in total. The van der Waals surface area contributed by atoms with E-state index >= 15 is 0 Å². The van der Waals surface area contributed by atoms with Crippen molar-refractivity contribution >= 4 is 39.3 Å². The summed E-state index contributed by atoms with van der Waals surface area (Å²) in [5, 5.41) is 5.67. The van der Waals surface area contributed by atoms with Crippen LogP contribution in [0.4, 0.5) is 4.39 Å². The van der Waals surface area contributed by atoms with Crippen LogP contribution in [0.3, 0.4) is 0 Å². The molecule has 7 heteroatoms. The maximum Gasteiger partial charge on any atom is 0.253 e. The van der Waals surface area contributed by atoms with Crippen molar-refractivity contribution in [1.29, 1.82) is 0 Å². The van der Waals surface area contributed by atoms with Crippen LogP contribution in [0.1, 0.15) is 16.8 Å². The fraction of sp³-hybridized carbons (Fsp3) is 0.296. The number of hydrogen-bond donors (Lipinski definition) is 1. The van der Waals surface area contributed by atoms with E-state index in [4.69, 9.17) is 16.3 Å². The highest BCUT2D eigenvalue weighted by atomic mass is 35.5. The first kappa shape index (κ1) is 22.7. The van der Waals surface area contributed by atoms with Crippen LogP contribution in [0, 0.1) is 5.92 Å². The molecule has 1 aliphatic heterocycles.